The van der Waals surface area contributed by atoms with Crippen molar-refractivity contribution in [1.82, 2.24) is 0 Å². The van der Waals surface area contributed by atoms with Crippen LogP contribution in [0.5, 0.6) is 0 Å². The number of hydrogen-bond acceptors (Lipinski definition) is 3. The number of rotatable bonds is 18. The first-order valence-corrected chi connectivity index (χ1v) is 11.3. The molecule has 3 unspecified atom stereocenters. The van der Waals surface area contributed by atoms with Crippen molar-refractivity contribution in [2.24, 2.45) is 17.8 Å². The largest absolute Gasteiger partial charge is 0.481 e. The molecule has 0 aliphatic carbocycles. The van der Waals surface area contributed by atoms with E-state index in [0.29, 0.717) is 25.8 Å². The van der Waals surface area contributed by atoms with Crippen LogP contribution >= 0.6 is 0 Å². The van der Waals surface area contributed by atoms with Crippen LogP contribution in [0.1, 0.15) is 72.6 Å². The van der Waals surface area contributed by atoms with Crippen LogP contribution in [0.2, 0.25) is 0 Å². The minimum absolute atomic E-state index is 0.224. The summed E-state index contributed by atoms with van der Waals surface area (Å²) in [5, 5.41) is 29.0. The topological polar surface area (TPSA) is 112 Å². The number of hydrogen-bond donors (Lipinski definition) is 3. The van der Waals surface area contributed by atoms with Gasteiger partial charge in [-0.05, 0) is 32.1 Å². The molecule has 30 heavy (non-hydrogen) atoms. The molecule has 0 bridgehead atoms. The van der Waals surface area contributed by atoms with Gasteiger partial charge in [-0.1, -0.05) is 46.3 Å². The first kappa shape index (κ1) is 28.1. The van der Waals surface area contributed by atoms with E-state index in [0.717, 1.165) is 25.7 Å². The Morgan fingerprint density at radius 2 is 1.07 bits per heavy atom. The first-order valence-electron chi connectivity index (χ1n) is 11.3. The van der Waals surface area contributed by atoms with Crippen LogP contribution in [0.25, 0.3) is 0 Å². The molecule has 3 N–H and O–H groups in total. The number of quaternary nitrogens is 1. The summed E-state index contributed by atoms with van der Waals surface area (Å²) >= 11 is 0. The number of carbonyl (C=O) groups is 3. The minimum Gasteiger partial charge on any atom is -0.481 e. The number of carboxylic acid groups (broad SMARTS) is 3. The molecule has 3 atom stereocenters. The van der Waals surface area contributed by atoms with Gasteiger partial charge in [0.15, 0.2) is 0 Å². The lowest BCUT2D eigenvalue weighted by Crippen LogP contribution is -2.58. The van der Waals surface area contributed by atoms with Crippen LogP contribution < -0.4 is 0 Å². The van der Waals surface area contributed by atoms with Gasteiger partial charge in [-0.25, -0.2) is 0 Å². The summed E-state index contributed by atoms with van der Waals surface area (Å²) in [6, 6.07) is 0. The molecule has 0 rings (SSSR count). The number of nitrogens with zero attached hydrogens (tertiary/aromatic N) is 1. The summed E-state index contributed by atoms with van der Waals surface area (Å²) in [6.07, 6.45) is 9.18. The molecular weight excluding hydrogens is 386 g/mol. The van der Waals surface area contributed by atoms with Crippen LogP contribution in [-0.4, -0.2) is 63.9 Å². The van der Waals surface area contributed by atoms with Crippen LogP contribution in [0.4, 0.5) is 0 Å². The van der Waals surface area contributed by atoms with Crippen molar-refractivity contribution in [3.63, 3.8) is 0 Å². The number of aliphatic carboxylic acids is 3. The average Bonchev–Trinajstić information content (AvgIpc) is 2.70. The molecule has 7 heteroatoms. The van der Waals surface area contributed by atoms with Gasteiger partial charge < -0.3 is 19.8 Å². The second-order valence-electron chi connectivity index (χ2n) is 8.35. The fourth-order valence-corrected chi connectivity index (χ4v) is 3.99. The third kappa shape index (κ3) is 10.2. The zero-order valence-electron chi connectivity index (χ0n) is 19.2. The summed E-state index contributed by atoms with van der Waals surface area (Å²) in [5.74, 6) is -4.60. The number of unbranched alkanes of at least 4 members (excludes halogenated alkanes) is 2. The molecule has 0 aromatic rings. The van der Waals surface area contributed by atoms with Crippen LogP contribution in [0.15, 0.2) is 12.2 Å². The Hall–Kier alpha value is -1.89. The zero-order valence-corrected chi connectivity index (χ0v) is 19.2. The van der Waals surface area contributed by atoms with E-state index in [1.807, 2.05) is 20.8 Å². The minimum atomic E-state index is -0.908. The van der Waals surface area contributed by atoms with Gasteiger partial charge in [0.2, 0.25) is 0 Å². The highest BCUT2D eigenvalue weighted by atomic mass is 16.4. The molecule has 0 aliphatic rings. The van der Waals surface area contributed by atoms with Crippen molar-refractivity contribution in [1.29, 1.82) is 0 Å². The molecule has 0 aromatic carbocycles. The first-order chi connectivity index (χ1) is 14.2. The molecule has 0 radical (unpaired) electrons. The van der Waals surface area contributed by atoms with E-state index < -0.39 is 35.7 Å². The fraction of sp³-hybridized carbons (Fsp3) is 0.783. The Morgan fingerprint density at radius 3 is 1.37 bits per heavy atom. The quantitative estimate of drug-likeness (QED) is 0.171. The third-order valence-electron chi connectivity index (χ3n) is 5.97. The van der Waals surface area contributed by atoms with E-state index in [2.05, 4.69) is 19.1 Å². The Bertz CT molecular complexity index is 500. The van der Waals surface area contributed by atoms with Gasteiger partial charge in [-0.2, -0.15) is 0 Å². The maximum Gasteiger partial charge on any atom is 0.312 e. The third-order valence-corrected chi connectivity index (χ3v) is 5.97. The Morgan fingerprint density at radius 1 is 0.700 bits per heavy atom. The normalized spacial score (nSPS) is 16.7. The lowest BCUT2D eigenvalue weighted by molar-refractivity contribution is -0.935. The summed E-state index contributed by atoms with van der Waals surface area (Å²) in [7, 11) is 0. The van der Waals surface area contributed by atoms with E-state index >= 15 is 0 Å². The molecule has 0 aromatic heterocycles. The molecule has 0 spiro atoms. The van der Waals surface area contributed by atoms with Crippen LogP contribution in [-0.2, 0) is 14.4 Å². The highest BCUT2D eigenvalue weighted by Gasteiger charge is 2.40. The lowest BCUT2D eigenvalue weighted by Gasteiger charge is -2.43. The Balaban J connectivity index is 5.90. The fourth-order valence-electron chi connectivity index (χ4n) is 3.99. The highest BCUT2D eigenvalue weighted by molar-refractivity contribution is 5.71. The SMILES string of the molecule is CCC/C=C/CCC[N+](CC(CC)C(=O)O)(CC(CC)C(=O)O)CC(CC)C(=O)O. The van der Waals surface area contributed by atoms with Crippen molar-refractivity contribution in [2.75, 3.05) is 26.2 Å². The predicted octanol–water partition coefficient (Wildman–Crippen LogP) is 4.27. The van der Waals surface area contributed by atoms with Gasteiger partial charge in [-0.3, -0.25) is 14.4 Å². The van der Waals surface area contributed by atoms with Gasteiger partial charge in [0, 0.05) is 6.42 Å². The van der Waals surface area contributed by atoms with Gasteiger partial charge >= 0.3 is 17.9 Å². The summed E-state index contributed by atoms with van der Waals surface area (Å²) in [4.78, 5) is 35.3. The van der Waals surface area contributed by atoms with Crippen molar-refractivity contribution < 1.29 is 34.2 Å². The Labute approximate surface area is 181 Å². The van der Waals surface area contributed by atoms with E-state index in [-0.39, 0.29) is 24.1 Å². The molecule has 0 fully saturated rings. The van der Waals surface area contributed by atoms with Crippen molar-refractivity contribution in [3.05, 3.63) is 12.2 Å². The highest BCUT2D eigenvalue weighted by Crippen LogP contribution is 2.25. The maximum atomic E-state index is 11.8. The molecule has 7 nitrogen and oxygen atoms in total. The smallest absolute Gasteiger partial charge is 0.312 e. The molecular formula is C23H42NO6+. The Kier molecular flexibility index (Phi) is 14.0. The summed E-state index contributed by atoms with van der Waals surface area (Å²) in [6.45, 7) is 8.90. The van der Waals surface area contributed by atoms with Crippen LogP contribution in [0.3, 0.4) is 0 Å². The van der Waals surface area contributed by atoms with Gasteiger partial charge in [-0.15, -0.1) is 0 Å². The van der Waals surface area contributed by atoms with Crippen molar-refractivity contribution in [3.8, 4) is 0 Å². The number of allylic oxidation sites excluding steroid dienone is 2. The predicted molar refractivity (Wildman–Crippen MR) is 117 cm³/mol. The monoisotopic (exact) mass is 428 g/mol. The van der Waals surface area contributed by atoms with Gasteiger partial charge in [0.05, 0.1) is 26.2 Å². The maximum absolute atomic E-state index is 11.8. The van der Waals surface area contributed by atoms with Crippen molar-refractivity contribution >= 4 is 17.9 Å². The van der Waals surface area contributed by atoms with E-state index in [4.69, 9.17) is 0 Å². The zero-order chi connectivity index (χ0) is 23.2. The van der Waals surface area contributed by atoms with Gasteiger partial charge in [0.1, 0.15) is 17.8 Å². The second kappa shape index (κ2) is 15.0. The van der Waals surface area contributed by atoms with Crippen molar-refractivity contribution in [2.45, 2.75) is 72.6 Å². The molecule has 0 heterocycles. The second-order valence-corrected chi connectivity index (χ2v) is 8.35. The molecule has 0 saturated carbocycles. The average molecular weight is 429 g/mol. The van der Waals surface area contributed by atoms with E-state index in [1.54, 1.807) is 0 Å². The molecule has 0 saturated heterocycles. The van der Waals surface area contributed by atoms with Crippen LogP contribution in [0, 0.1) is 17.8 Å². The van der Waals surface area contributed by atoms with Gasteiger partial charge in [0.25, 0.3) is 0 Å². The van der Waals surface area contributed by atoms with E-state index in [9.17, 15) is 29.7 Å². The standard InChI is InChI=1S/C23H41NO6/c1-5-9-10-11-12-13-14-24(15-18(6-2)21(25)26,16-19(7-3)22(27)28)17-20(8-4)23(29)30/h10-11,18-20H,5-9,12-17H2,1-4H3,(H2-,25,26,27,28,29,30)/p+1/b11-10+. The molecule has 0 amide bonds. The van der Waals surface area contributed by atoms with E-state index in [1.165, 1.54) is 0 Å². The molecule has 174 valence electrons. The lowest BCUT2D eigenvalue weighted by atomic mass is 9.95. The summed E-state index contributed by atoms with van der Waals surface area (Å²) < 4.78 is 0.224. The number of carboxylic acids is 3. The molecule has 0 aliphatic heterocycles. The summed E-state index contributed by atoms with van der Waals surface area (Å²) in [5.41, 5.74) is 0.